The van der Waals surface area contributed by atoms with Crippen LogP contribution in [-0.4, -0.2) is 27.5 Å². The van der Waals surface area contributed by atoms with Crippen LogP contribution in [0.25, 0.3) is 0 Å². The van der Waals surface area contributed by atoms with E-state index in [0.29, 0.717) is 15.9 Å². The van der Waals surface area contributed by atoms with Crippen molar-refractivity contribution >= 4 is 26.0 Å². The van der Waals surface area contributed by atoms with Gasteiger partial charge in [-0.25, -0.2) is 13.1 Å². The Morgan fingerprint density at radius 2 is 2.11 bits per heavy atom. The normalized spacial score (nSPS) is 20.8. The van der Waals surface area contributed by atoms with Gasteiger partial charge in [-0.15, -0.1) is 0 Å². The monoisotopic (exact) mass is 332 g/mol. The molecular weight excluding hydrogens is 316 g/mol. The van der Waals surface area contributed by atoms with Crippen LogP contribution in [-0.2, 0) is 10.0 Å². The van der Waals surface area contributed by atoms with Gasteiger partial charge < -0.3 is 5.32 Å². The lowest BCUT2D eigenvalue weighted by atomic mass is 10.1. The number of hydrogen-bond donors (Lipinski definition) is 2. The number of piperidine rings is 1. The summed E-state index contributed by atoms with van der Waals surface area (Å²) in [4.78, 5) is 0.292. The lowest BCUT2D eigenvalue weighted by Crippen LogP contribution is -2.43. The van der Waals surface area contributed by atoms with Crippen molar-refractivity contribution in [1.82, 2.24) is 10.0 Å². The third-order valence-corrected chi connectivity index (χ3v) is 5.49. The van der Waals surface area contributed by atoms with Crippen LogP contribution in [0.3, 0.4) is 0 Å². The number of rotatable bonds is 4. The number of hydrogen-bond acceptors (Lipinski definition) is 3. The molecule has 0 unspecified atom stereocenters. The molecule has 100 valence electrons. The Bertz CT molecular complexity index is 499. The second kappa shape index (κ2) is 6.14. The molecule has 1 aromatic rings. The molecule has 0 bridgehead atoms. The van der Waals surface area contributed by atoms with Crippen LogP contribution in [0.1, 0.15) is 19.3 Å². The largest absolute Gasteiger partial charge is 0.313 e. The quantitative estimate of drug-likeness (QED) is 0.884. The molecule has 1 aliphatic heterocycles. The van der Waals surface area contributed by atoms with Gasteiger partial charge in [0, 0.05) is 17.1 Å². The maximum absolute atomic E-state index is 12.1. The van der Waals surface area contributed by atoms with E-state index in [-0.39, 0.29) is 6.04 Å². The molecule has 2 N–H and O–H groups in total. The lowest BCUT2D eigenvalue weighted by Gasteiger charge is -2.23. The smallest absolute Gasteiger partial charge is 0.241 e. The molecule has 0 aliphatic carbocycles. The van der Waals surface area contributed by atoms with Crippen molar-refractivity contribution in [1.29, 1.82) is 0 Å². The van der Waals surface area contributed by atoms with Crippen LogP contribution in [0.5, 0.6) is 0 Å². The fourth-order valence-electron chi connectivity index (χ4n) is 2.05. The van der Waals surface area contributed by atoms with Crippen LogP contribution >= 0.6 is 15.9 Å². The Morgan fingerprint density at radius 3 is 2.78 bits per heavy atom. The molecule has 6 heteroatoms. The predicted octanol–water partition coefficient (Wildman–Crippen LogP) is 1.87. The molecule has 1 aliphatic rings. The van der Waals surface area contributed by atoms with Gasteiger partial charge >= 0.3 is 0 Å². The molecule has 0 spiro atoms. The van der Waals surface area contributed by atoms with E-state index in [9.17, 15) is 8.42 Å². The SMILES string of the molecule is O=S(=O)(NC[C@H]1CCCCN1)c1ccccc1Br. The van der Waals surface area contributed by atoms with Crippen molar-refractivity contribution in [3.8, 4) is 0 Å². The van der Waals surface area contributed by atoms with Crippen molar-refractivity contribution in [3.63, 3.8) is 0 Å². The summed E-state index contributed by atoms with van der Waals surface area (Å²) in [5, 5.41) is 3.32. The van der Waals surface area contributed by atoms with Crippen LogP contribution in [0.2, 0.25) is 0 Å². The summed E-state index contributed by atoms with van der Waals surface area (Å²) in [6.07, 6.45) is 3.36. The maximum Gasteiger partial charge on any atom is 0.241 e. The van der Waals surface area contributed by atoms with Crippen LogP contribution in [0.4, 0.5) is 0 Å². The van der Waals surface area contributed by atoms with Gasteiger partial charge in [0.1, 0.15) is 0 Å². The molecule has 4 nitrogen and oxygen atoms in total. The van der Waals surface area contributed by atoms with Gasteiger partial charge in [0.15, 0.2) is 0 Å². The van der Waals surface area contributed by atoms with E-state index in [1.54, 1.807) is 24.3 Å². The number of halogens is 1. The minimum absolute atomic E-state index is 0.246. The third-order valence-electron chi connectivity index (χ3n) is 3.06. The fraction of sp³-hybridized carbons (Fsp3) is 0.500. The van der Waals surface area contributed by atoms with E-state index in [1.807, 2.05) is 0 Å². The maximum atomic E-state index is 12.1. The van der Waals surface area contributed by atoms with Gasteiger partial charge in [-0.1, -0.05) is 18.6 Å². The minimum Gasteiger partial charge on any atom is -0.313 e. The zero-order valence-electron chi connectivity index (χ0n) is 10.0. The Balaban J connectivity index is 2.01. The summed E-state index contributed by atoms with van der Waals surface area (Å²) in [5.74, 6) is 0. The van der Waals surface area contributed by atoms with Gasteiger partial charge in [0.25, 0.3) is 0 Å². The topological polar surface area (TPSA) is 58.2 Å². The lowest BCUT2D eigenvalue weighted by molar-refractivity contribution is 0.398. The second-order valence-electron chi connectivity index (χ2n) is 4.43. The Labute approximate surface area is 116 Å². The standard InChI is InChI=1S/C12H17BrN2O2S/c13-11-6-1-2-7-12(11)18(16,17)15-9-10-5-3-4-8-14-10/h1-2,6-7,10,14-15H,3-5,8-9H2/t10-/m1/s1. The third kappa shape index (κ3) is 3.54. The molecule has 0 amide bonds. The second-order valence-corrected chi connectivity index (χ2v) is 7.02. The Kier molecular flexibility index (Phi) is 4.77. The van der Waals surface area contributed by atoms with Gasteiger partial charge in [-0.2, -0.15) is 0 Å². The highest BCUT2D eigenvalue weighted by molar-refractivity contribution is 9.10. The molecule has 1 fully saturated rings. The summed E-state index contributed by atoms with van der Waals surface area (Å²) in [6.45, 7) is 1.42. The van der Waals surface area contributed by atoms with Crippen molar-refractivity contribution in [3.05, 3.63) is 28.7 Å². The van der Waals surface area contributed by atoms with Crippen LogP contribution in [0.15, 0.2) is 33.6 Å². The number of nitrogens with one attached hydrogen (secondary N) is 2. The summed E-state index contributed by atoms with van der Waals surface area (Å²) in [6, 6.07) is 7.09. The molecule has 1 aromatic carbocycles. The molecule has 1 saturated heterocycles. The first-order valence-electron chi connectivity index (χ1n) is 6.07. The average Bonchev–Trinajstić information content (AvgIpc) is 2.38. The number of benzene rings is 1. The van der Waals surface area contributed by atoms with Crippen molar-refractivity contribution in [2.75, 3.05) is 13.1 Å². The molecule has 2 rings (SSSR count). The molecule has 1 atom stereocenters. The molecule has 18 heavy (non-hydrogen) atoms. The zero-order chi connectivity index (χ0) is 13.0. The van der Waals surface area contributed by atoms with Gasteiger partial charge in [-0.05, 0) is 47.4 Å². The average molecular weight is 333 g/mol. The van der Waals surface area contributed by atoms with Crippen molar-refractivity contribution < 1.29 is 8.42 Å². The van der Waals surface area contributed by atoms with Gasteiger partial charge in [0.2, 0.25) is 10.0 Å². The van der Waals surface area contributed by atoms with E-state index in [1.165, 1.54) is 6.42 Å². The first kappa shape index (κ1) is 14.0. The molecule has 0 radical (unpaired) electrons. The molecule has 0 saturated carbocycles. The van der Waals surface area contributed by atoms with E-state index in [4.69, 9.17) is 0 Å². The first-order valence-corrected chi connectivity index (χ1v) is 8.35. The summed E-state index contributed by atoms with van der Waals surface area (Å²) in [5.41, 5.74) is 0. The van der Waals surface area contributed by atoms with Gasteiger partial charge in [0.05, 0.1) is 4.90 Å². The molecule has 0 aromatic heterocycles. The van der Waals surface area contributed by atoms with E-state index >= 15 is 0 Å². The summed E-state index contributed by atoms with van der Waals surface area (Å²) in [7, 11) is -3.43. The Morgan fingerprint density at radius 1 is 1.33 bits per heavy atom. The highest BCUT2D eigenvalue weighted by atomic mass is 79.9. The highest BCUT2D eigenvalue weighted by Crippen LogP contribution is 2.20. The Hall–Kier alpha value is -0.430. The van der Waals surface area contributed by atoms with Crippen molar-refractivity contribution in [2.45, 2.75) is 30.2 Å². The zero-order valence-corrected chi connectivity index (χ0v) is 12.4. The van der Waals surface area contributed by atoms with E-state index < -0.39 is 10.0 Å². The van der Waals surface area contributed by atoms with E-state index in [0.717, 1.165) is 19.4 Å². The highest BCUT2D eigenvalue weighted by Gasteiger charge is 2.19. The molecular formula is C12H17BrN2O2S. The number of sulfonamides is 1. The summed E-state index contributed by atoms with van der Waals surface area (Å²) >= 11 is 3.26. The minimum atomic E-state index is -3.43. The summed E-state index contributed by atoms with van der Waals surface area (Å²) < 4.78 is 27.5. The van der Waals surface area contributed by atoms with Crippen LogP contribution < -0.4 is 10.0 Å². The predicted molar refractivity (Wildman–Crippen MR) is 75.0 cm³/mol. The fourth-order valence-corrected chi connectivity index (χ4v) is 4.13. The van der Waals surface area contributed by atoms with E-state index in [2.05, 4.69) is 26.0 Å². The molecule has 1 heterocycles. The first-order chi connectivity index (χ1) is 8.59. The van der Waals surface area contributed by atoms with Gasteiger partial charge in [-0.3, -0.25) is 0 Å². The van der Waals surface area contributed by atoms with Crippen LogP contribution in [0, 0.1) is 0 Å². The van der Waals surface area contributed by atoms with Crippen molar-refractivity contribution in [2.24, 2.45) is 0 Å².